The lowest BCUT2D eigenvalue weighted by Gasteiger charge is -2.18. The van der Waals surface area contributed by atoms with Crippen LogP contribution >= 0.6 is 23.4 Å². The van der Waals surface area contributed by atoms with Gasteiger partial charge in [0.25, 0.3) is 0 Å². The first kappa shape index (κ1) is 25.6. The molecule has 1 unspecified atom stereocenters. The van der Waals surface area contributed by atoms with Gasteiger partial charge in [-0.2, -0.15) is 13.2 Å². The Labute approximate surface area is 214 Å². The largest absolute Gasteiger partial charge is 0.497 e. The molecule has 36 heavy (non-hydrogen) atoms. The maximum Gasteiger partial charge on any atom is 0.416 e. The van der Waals surface area contributed by atoms with Crippen molar-refractivity contribution < 1.29 is 22.7 Å². The fraction of sp³-hybridized carbons (Fsp3) is 0.160. The number of amides is 1. The highest BCUT2D eigenvalue weighted by Gasteiger charge is 2.32. The lowest BCUT2D eigenvalue weighted by atomic mass is 10.1. The summed E-state index contributed by atoms with van der Waals surface area (Å²) in [6, 6.07) is 18.9. The van der Waals surface area contributed by atoms with Crippen LogP contribution in [0.25, 0.3) is 11.4 Å². The average molecular weight is 533 g/mol. The predicted octanol–water partition coefficient (Wildman–Crippen LogP) is 6.64. The van der Waals surface area contributed by atoms with E-state index in [4.69, 9.17) is 16.3 Å². The van der Waals surface area contributed by atoms with Gasteiger partial charge in [0.05, 0.1) is 23.4 Å². The molecule has 0 aliphatic carbocycles. The minimum atomic E-state index is -4.58. The Bertz CT molecular complexity index is 1360. The second-order valence-electron chi connectivity index (χ2n) is 7.68. The normalized spacial score (nSPS) is 12.3. The van der Waals surface area contributed by atoms with E-state index >= 15 is 0 Å². The lowest BCUT2D eigenvalue weighted by Crippen LogP contribution is -2.20. The van der Waals surface area contributed by atoms with Crippen molar-refractivity contribution in [3.63, 3.8) is 0 Å². The number of alkyl halides is 3. The van der Waals surface area contributed by atoms with E-state index < -0.39 is 22.9 Å². The molecule has 0 aliphatic rings. The highest BCUT2D eigenvalue weighted by Crippen LogP contribution is 2.38. The average Bonchev–Trinajstić information content (AvgIpc) is 3.23. The molecule has 1 N–H and O–H groups in total. The van der Waals surface area contributed by atoms with E-state index in [1.165, 1.54) is 0 Å². The van der Waals surface area contributed by atoms with E-state index in [0.717, 1.165) is 35.5 Å². The number of halogens is 4. The maximum atomic E-state index is 13.3. The third-order valence-corrected chi connectivity index (χ3v) is 6.92. The smallest absolute Gasteiger partial charge is 0.416 e. The Morgan fingerprint density at radius 3 is 2.39 bits per heavy atom. The molecule has 0 aliphatic heterocycles. The third kappa shape index (κ3) is 5.66. The molecule has 0 spiro atoms. The Morgan fingerprint density at radius 1 is 1.06 bits per heavy atom. The number of benzene rings is 3. The Kier molecular flexibility index (Phi) is 7.56. The van der Waals surface area contributed by atoms with Crippen LogP contribution in [0, 0.1) is 0 Å². The Hall–Kier alpha value is -3.50. The summed E-state index contributed by atoms with van der Waals surface area (Å²) in [5.41, 5.74) is 0.393. The highest BCUT2D eigenvalue weighted by molar-refractivity contribution is 8.00. The number of thioether (sulfide) groups is 1. The van der Waals surface area contributed by atoms with E-state index in [1.807, 2.05) is 12.1 Å². The van der Waals surface area contributed by atoms with Crippen LogP contribution < -0.4 is 10.1 Å². The van der Waals surface area contributed by atoms with E-state index in [2.05, 4.69) is 15.5 Å². The van der Waals surface area contributed by atoms with Gasteiger partial charge in [0.2, 0.25) is 5.91 Å². The second-order valence-corrected chi connectivity index (χ2v) is 9.16. The standard InChI is InChI=1S/C25H20ClF3N4O2S/c1-33-22(16-8-11-18(35-2)12-9-16)31-32-24(33)36-21(15-6-4-3-5-7-15)23(34)30-20-14-17(25(27,28)29)10-13-19(20)26/h3-14,21H,1-2H3,(H,30,34). The van der Waals surface area contributed by atoms with Gasteiger partial charge in [-0.05, 0) is 48.0 Å². The van der Waals surface area contributed by atoms with E-state index in [-0.39, 0.29) is 10.7 Å². The number of nitrogens with one attached hydrogen (secondary N) is 1. The number of carbonyl (C=O) groups is 1. The number of aromatic nitrogens is 3. The molecule has 3 aromatic carbocycles. The second kappa shape index (κ2) is 10.6. The third-order valence-electron chi connectivity index (χ3n) is 5.30. The van der Waals surface area contributed by atoms with Gasteiger partial charge in [-0.25, -0.2) is 0 Å². The van der Waals surface area contributed by atoms with E-state index in [0.29, 0.717) is 22.3 Å². The summed E-state index contributed by atoms with van der Waals surface area (Å²) in [6.07, 6.45) is -4.58. The molecule has 0 radical (unpaired) electrons. The van der Waals surface area contributed by atoms with Crippen LogP contribution in [0.5, 0.6) is 5.75 Å². The minimum absolute atomic E-state index is 0.00591. The molecule has 1 aromatic heterocycles. The Balaban J connectivity index is 1.64. The van der Waals surface area contributed by atoms with Gasteiger partial charge in [-0.3, -0.25) is 4.79 Å². The molecule has 0 saturated carbocycles. The molecule has 0 fully saturated rings. The molecule has 186 valence electrons. The van der Waals surface area contributed by atoms with Crippen LogP contribution in [0.1, 0.15) is 16.4 Å². The summed E-state index contributed by atoms with van der Waals surface area (Å²) in [5.74, 6) is 0.722. The molecule has 4 rings (SSSR count). The molecule has 1 amide bonds. The van der Waals surface area contributed by atoms with Crippen LogP contribution in [0.15, 0.2) is 78.0 Å². The number of anilines is 1. The molecule has 0 saturated heterocycles. The van der Waals surface area contributed by atoms with Crippen molar-refractivity contribution in [2.45, 2.75) is 16.6 Å². The summed E-state index contributed by atoms with van der Waals surface area (Å²) in [5, 5.41) is 10.6. The summed E-state index contributed by atoms with van der Waals surface area (Å²) in [4.78, 5) is 13.3. The van der Waals surface area contributed by atoms with Crippen molar-refractivity contribution in [3.8, 4) is 17.1 Å². The summed E-state index contributed by atoms with van der Waals surface area (Å²) in [6.45, 7) is 0. The fourth-order valence-corrected chi connectivity index (χ4v) is 4.58. The van der Waals surface area contributed by atoms with Gasteiger partial charge in [-0.15, -0.1) is 10.2 Å². The highest BCUT2D eigenvalue weighted by atomic mass is 35.5. The minimum Gasteiger partial charge on any atom is -0.497 e. The topological polar surface area (TPSA) is 69.0 Å². The van der Waals surface area contributed by atoms with Gasteiger partial charge < -0.3 is 14.6 Å². The van der Waals surface area contributed by atoms with Crippen molar-refractivity contribution in [2.75, 3.05) is 12.4 Å². The fourth-order valence-electron chi connectivity index (χ4n) is 3.41. The number of carbonyl (C=O) groups excluding carboxylic acids is 1. The predicted molar refractivity (Wildman–Crippen MR) is 133 cm³/mol. The Morgan fingerprint density at radius 2 is 1.75 bits per heavy atom. The monoisotopic (exact) mass is 532 g/mol. The van der Waals surface area contributed by atoms with Crippen molar-refractivity contribution in [3.05, 3.63) is 88.9 Å². The number of ether oxygens (including phenoxy) is 1. The molecular weight excluding hydrogens is 513 g/mol. The number of hydrogen-bond donors (Lipinski definition) is 1. The first-order valence-corrected chi connectivity index (χ1v) is 11.9. The van der Waals surface area contributed by atoms with Crippen LogP contribution in [-0.2, 0) is 18.0 Å². The van der Waals surface area contributed by atoms with Crippen molar-refractivity contribution >= 4 is 35.0 Å². The van der Waals surface area contributed by atoms with E-state index in [1.54, 1.807) is 61.2 Å². The molecular formula is C25H20ClF3N4O2S. The zero-order valence-corrected chi connectivity index (χ0v) is 20.7. The zero-order chi connectivity index (χ0) is 25.9. The van der Waals surface area contributed by atoms with Crippen molar-refractivity contribution in [1.29, 1.82) is 0 Å². The summed E-state index contributed by atoms with van der Waals surface area (Å²) in [7, 11) is 3.35. The first-order chi connectivity index (χ1) is 17.2. The van der Waals surface area contributed by atoms with Gasteiger partial charge in [0.15, 0.2) is 11.0 Å². The summed E-state index contributed by atoms with van der Waals surface area (Å²) < 4.78 is 46.5. The zero-order valence-electron chi connectivity index (χ0n) is 19.1. The molecule has 1 atom stereocenters. The number of nitrogens with zero attached hydrogens (tertiary/aromatic N) is 3. The molecule has 4 aromatic rings. The summed E-state index contributed by atoms with van der Waals surface area (Å²) >= 11 is 7.22. The molecule has 1 heterocycles. The molecule has 0 bridgehead atoms. The molecule has 11 heteroatoms. The number of methoxy groups -OCH3 is 1. The lowest BCUT2D eigenvalue weighted by molar-refractivity contribution is -0.137. The van der Waals surface area contributed by atoms with Gasteiger partial charge in [0.1, 0.15) is 11.0 Å². The van der Waals surface area contributed by atoms with Crippen LogP contribution in [0.3, 0.4) is 0 Å². The number of rotatable bonds is 7. The maximum absolute atomic E-state index is 13.3. The van der Waals surface area contributed by atoms with Crippen molar-refractivity contribution in [2.24, 2.45) is 7.05 Å². The van der Waals surface area contributed by atoms with Crippen LogP contribution in [0.2, 0.25) is 5.02 Å². The van der Waals surface area contributed by atoms with Gasteiger partial charge in [0, 0.05) is 12.6 Å². The quantitative estimate of drug-likeness (QED) is 0.270. The van der Waals surface area contributed by atoms with Gasteiger partial charge in [-0.1, -0.05) is 53.7 Å². The molecule has 6 nitrogen and oxygen atoms in total. The SMILES string of the molecule is COc1ccc(-c2nnc(SC(C(=O)Nc3cc(C(F)(F)F)ccc3Cl)c3ccccc3)n2C)cc1. The number of hydrogen-bond acceptors (Lipinski definition) is 5. The first-order valence-electron chi connectivity index (χ1n) is 10.6. The van der Waals surface area contributed by atoms with Crippen LogP contribution in [0.4, 0.5) is 18.9 Å². The van der Waals surface area contributed by atoms with Gasteiger partial charge >= 0.3 is 6.18 Å². The van der Waals surface area contributed by atoms with Crippen LogP contribution in [-0.4, -0.2) is 27.8 Å². The van der Waals surface area contributed by atoms with E-state index in [9.17, 15) is 18.0 Å². The van der Waals surface area contributed by atoms with Crippen molar-refractivity contribution in [1.82, 2.24) is 14.8 Å².